The van der Waals surface area contributed by atoms with Gasteiger partial charge in [0.05, 0.1) is 0 Å². The van der Waals surface area contributed by atoms with Crippen LogP contribution in [-0.2, 0) is 0 Å². The van der Waals surface area contributed by atoms with Gasteiger partial charge >= 0.3 is 5.69 Å². The van der Waals surface area contributed by atoms with Crippen LogP contribution in [0.3, 0.4) is 0 Å². The highest BCUT2D eigenvalue weighted by atomic mass is 35.5. The normalized spacial score (nSPS) is 20.4. The van der Waals surface area contributed by atoms with E-state index in [9.17, 15) is 9.59 Å². The molecule has 0 amide bonds. The predicted octanol–water partition coefficient (Wildman–Crippen LogP) is -0.438. The predicted molar refractivity (Wildman–Crippen MR) is 55.2 cm³/mol. The van der Waals surface area contributed by atoms with Crippen LogP contribution in [0.1, 0.15) is 18.0 Å². The minimum Gasteiger partial charge on any atom is -0.316 e. The van der Waals surface area contributed by atoms with Crippen molar-refractivity contribution in [2.24, 2.45) is 0 Å². The first-order valence-electron chi connectivity index (χ1n) is 4.30. The van der Waals surface area contributed by atoms with E-state index < -0.39 is 5.69 Å². The van der Waals surface area contributed by atoms with Crippen LogP contribution < -0.4 is 16.6 Å². The van der Waals surface area contributed by atoms with Gasteiger partial charge in [0, 0.05) is 24.2 Å². The third kappa shape index (κ3) is 2.24. The van der Waals surface area contributed by atoms with Crippen LogP contribution in [0, 0.1) is 0 Å². The van der Waals surface area contributed by atoms with Gasteiger partial charge < -0.3 is 10.3 Å². The molecule has 3 N–H and O–H groups in total. The second kappa shape index (κ2) is 4.43. The SMILES string of the molecule is Cl.O=c1cc(C2CCNC2)[nH]c(=O)[nH]1. The van der Waals surface area contributed by atoms with Crippen LogP contribution in [0.25, 0.3) is 0 Å². The fraction of sp³-hybridized carbons (Fsp3) is 0.500. The van der Waals surface area contributed by atoms with E-state index in [4.69, 9.17) is 0 Å². The Morgan fingerprint density at radius 3 is 2.64 bits per heavy atom. The summed E-state index contributed by atoms with van der Waals surface area (Å²) in [4.78, 5) is 26.7. The summed E-state index contributed by atoms with van der Waals surface area (Å²) in [7, 11) is 0. The van der Waals surface area contributed by atoms with Gasteiger partial charge in [-0.05, 0) is 13.0 Å². The summed E-state index contributed by atoms with van der Waals surface area (Å²) >= 11 is 0. The standard InChI is InChI=1S/C8H11N3O2.ClH/c12-7-3-6(10-8(13)11-7)5-1-2-9-4-5;/h3,5,9H,1-2,4H2,(H2,10,11,12,13);1H. The molecule has 1 fully saturated rings. The minimum absolute atomic E-state index is 0. The lowest BCUT2D eigenvalue weighted by molar-refractivity contribution is 0.721. The van der Waals surface area contributed by atoms with E-state index in [1.165, 1.54) is 6.07 Å². The molecule has 2 rings (SSSR count). The Morgan fingerprint density at radius 2 is 2.07 bits per heavy atom. The second-order valence-electron chi connectivity index (χ2n) is 3.23. The van der Waals surface area contributed by atoms with E-state index in [1.54, 1.807) is 0 Å². The molecule has 0 aromatic carbocycles. The van der Waals surface area contributed by atoms with Gasteiger partial charge in [0.1, 0.15) is 0 Å². The second-order valence-corrected chi connectivity index (χ2v) is 3.23. The van der Waals surface area contributed by atoms with Crippen LogP contribution in [0.5, 0.6) is 0 Å². The number of H-pyrrole nitrogens is 2. The van der Waals surface area contributed by atoms with Crippen LogP contribution in [0.2, 0.25) is 0 Å². The number of rotatable bonds is 1. The first-order chi connectivity index (χ1) is 6.25. The maximum absolute atomic E-state index is 11.0. The summed E-state index contributed by atoms with van der Waals surface area (Å²) in [5.41, 5.74) is -0.0150. The zero-order chi connectivity index (χ0) is 9.26. The van der Waals surface area contributed by atoms with E-state index in [1.807, 2.05) is 0 Å². The van der Waals surface area contributed by atoms with E-state index in [2.05, 4.69) is 15.3 Å². The van der Waals surface area contributed by atoms with Gasteiger partial charge in [0.25, 0.3) is 5.56 Å². The van der Waals surface area contributed by atoms with E-state index in [-0.39, 0.29) is 23.9 Å². The topological polar surface area (TPSA) is 77.8 Å². The molecule has 1 atom stereocenters. The van der Waals surface area contributed by atoms with E-state index in [0.29, 0.717) is 0 Å². The van der Waals surface area contributed by atoms with Crippen LogP contribution in [0.15, 0.2) is 15.7 Å². The van der Waals surface area contributed by atoms with Crippen molar-refractivity contribution in [2.75, 3.05) is 13.1 Å². The van der Waals surface area contributed by atoms with E-state index in [0.717, 1.165) is 25.2 Å². The summed E-state index contributed by atoms with van der Waals surface area (Å²) in [5.74, 6) is 0.273. The van der Waals surface area contributed by atoms with Gasteiger partial charge in [-0.2, -0.15) is 0 Å². The Morgan fingerprint density at radius 1 is 1.29 bits per heavy atom. The molecule has 5 nitrogen and oxygen atoms in total. The fourth-order valence-electron chi connectivity index (χ4n) is 1.63. The zero-order valence-corrected chi connectivity index (χ0v) is 8.32. The maximum atomic E-state index is 11.0. The molecular weight excluding hydrogens is 206 g/mol. The average molecular weight is 218 g/mol. The summed E-state index contributed by atoms with van der Waals surface area (Å²) in [6, 6.07) is 1.46. The lowest BCUT2D eigenvalue weighted by Crippen LogP contribution is -2.24. The van der Waals surface area contributed by atoms with Crippen LogP contribution in [-0.4, -0.2) is 23.1 Å². The molecule has 1 aliphatic rings. The van der Waals surface area contributed by atoms with Gasteiger partial charge in [-0.1, -0.05) is 0 Å². The summed E-state index contributed by atoms with van der Waals surface area (Å²) in [6.07, 6.45) is 0.972. The number of halogens is 1. The molecule has 0 saturated carbocycles. The van der Waals surface area contributed by atoms with Crippen LogP contribution in [0.4, 0.5) is 0 Å². The molecule has 0 aliphatic carbocycles. The smallest absolute Gasteiger partial charge is 0.316 e. The fourth-order valence-corrected chi connectivity index (χ4v) is 1.63. The molecule has 0 bridgehead atoms. The molecule has 1 aliphatic heterocycles. The molecule has 1 saturated heterocycles. The molecule has 78 valence electrons. The first kappa shape index (κ1) is 11.0. The van der Waals surface area contributed by atoms with Gasteiger partial charge in [0.2, 0.25) is 0 Å². The third-order valence-corrected chi connectivity index (χ3v) is 2.28. The van der Waals surface area contributed by atoms with Gasteiger partial charge in [-0.3, -0.25) is 9.78 Å². The summed E-state index contributed by atoms with van der Waals surface area (Å²) in [5, 5.41) is 3.18. The Balaban J connectivity index is 0.000000980. The van der Waals surface area contributed by atoms with Gasteiger partial charge in [0.15, 0.2) is 0 Å². The van der Waals surface area contributed by atoms with E-state index >= 15 is 0 Å². The molecule has 1 unspecified atom stereocenters. The highest BCUT2D eigenvalue weighted by Gasteiger charge is 2.17. The van der Waals surface area contributed by atoms with Crippen molar-refractivity contribution in [3.8, 4) is 0 Å². The molecule has 2 heterocycles. The van der Waals surface area contributed by atoms with Crippen LogP contribution >= 0.6 is 12.4 Å². The van der Waals surface area contributed by atoms with Gasteiger partial charge in [-0.25, -0.2) is 4.79 Å². The first-order valence-corrected chi connectivity index (χ1v) is 4.30. The van der Waals surface area contributed by atoms with Crippen molar-refractivity contribution >= 4 is 12.4 Å². The number of hydrogen-bond donors (Lipinski definition) is 3. The van der Waals surface area contributed by atoms with Crippen molar-refractivity contribution in [3.05, 3.63) is 32.6 Å². The number of nitrogens with one attached hydrogen (secondary N) is 3. The minimum atomic E-state index is -0.422. The summed E-state index contributed by atoms with van der Waals surface area (Å²) in [6.45, 7) is 1.78. The van der Waals surface area contributed by atoms with Crippen molar-refractivity contribution in [1.29, 1.82) is 0 Å². The molecule has 0 spiro atoms. The number of aromatic nitrogens is 2. The lowest BCUT2D eigenvalue weighted by atomic mass is 10.1. The van der Waals surface area contributed by atoms with Gasteiger partial charge in [-0.15, -0.1) is 12.4 Å². The van der Waals surface area contributed by atoms with Crippen molar-refractivity contribution < 1.29 is 0 Å². The van der Waals surface area contributed by atoms with Crippen molar-refractivity contribution in [2.45, 2.75) is 12.3 Å². The highest BCUT2D eigenvalue weighted by molar-refractivity contribution is 5.85. The monoisotopic (exact) mass is 217 g/mol. The Hall–Kier alpha value is -1.07. The Kier molecular flexibility index (Phi) is 3.49. The third-order valence-electron chi connectivity index (χ3n) is 2.28. The number of hydrogen-bond acceptors (Lipinski definition) is 3. The molecule has 0 radical (unpaired) electrons. The zero-order valence-electron chi connectivity index (χ0n) is 7.50. The lowest BCUT2D eigenvalue weighted by Gasteiger charge is -2.06. The quantitative estimate of drug-likeness (QED) is 0.597. The maximum Gasteiger partial charge on any atom is 0.325 e. The average Bonchev–Trinajstić information content (AvgIpc) is 2.53. The largest absolute Gasteiger partial charge is 0.325 e. The highest BCUT2D eigenvalue weighted by Crippen LogP contribution is 2.17. The molecule has 1 aromatic rings. The molecule has 14 heavy (non-hydrogen) atoms. The van der Waals surface area contributed by atoms with Crippen molar-refractivity contribution in [1.82, 2.24) is 15.3 Å². The molecular formula is C8H12ClN3O2. The Labute approximate surface area is 86.4 Å². The Bertz CT molecular complexity index is 377. The summed E-state index contributed by atoms with van der Waals surface area (Å²) < 4.78 is 0. The van der Waals surface area contributed by atoms with Crippen molar-refractivity contribution in [3.63, 3.8) is 0 Å². The number of aromatic amines is 2. The molecule has 6 heteroatoms. The molecule has 1 aromatic heterocycles.